The Morgan fingerprint density at radius 1 is 1.27 bits per heavy atom. The molecule has 0 rings (SSSR count). The molecule has 0 amide bonds. The Morgan fingerprint density at radius 3 is 2.18 bits per heavy atom. The first kappa shape index (κ1) is 10.9. The van der Waals surface area contributed by atoms with Crippen LogP contribution in [0, 0.1) is 0 Å². The fourth-order valence-corrected chi connectivity index (χ4v) is 0.973. The molecule has 0 aromatic rings. The molecule has 1 unspecified atom stereocenters. The topological polar surface area (TPSA) is 30.5 Å². The predicted octanol–water partition coefficient (Wildman–Crippen LogP) is 0.993. The van der Waals surface area contributed by atoms with Crippen LogP contribution in [0.25, 0.3) is 0 Å². The minimum absolute atomic E-state index is 0.137. The highest BCUT2D eigenvalue weighted by atomic mass is 16.7. The van der Waals surface area contributed by atoms with E-state index in [1.54, 1.807) is 14.2 Å². The molecule has 3 heteroatoms. The molecule has 0 saturated heterocycles. The Balaban J connectivity index is 3.51. The summed E-state index contributed by atoms with van der Waals surface area (Å²) in [4.78, 5) is 0. The van der Waals surface area contributed by atoms with E-state index in [1.807, 2.05) is 6.92 Å². The van der Waals surface area contributed by atoms with Gasteiger partial charge in [-0.05, 0) is 19.9 Å². The number of rotatable bonds is 6. The zero-order valence-corrected chi connectivity index (χ0v) is 7.89. The molecule has 0 saturated carbocycles. The number of hydrogen-bond acceptors (Lipinski definition) is 3. The summed E-state index contributed by atoms with van der Waals surface area (Å²) < 4.78 is 10.1. The largest absolute Gasteiger partial charge is 0.354 e. The fraction of sp³-hybridized carbons (Fsp3) is 1.00. The smallest absolute Gasteiger partial charge is 0.171 e. The summed E-state index contributed by atoms with van der Waals surface area (Å²) >= 11 is 0. The summed E-state index contributed by atoms with van der Waals surface area (Å²) in [6.45, 7) is 5.19. The van der Waals surface area contributed by atoms with Crippen molar-refractivity contribution in [3.05, 3.63) is 0 Å². The molecule has 0 aliphatic carbocycles. The van der Waals surface area contributed by atoms with Crippen molar-refractivity contribution < 1.29 is 9.47 Å². The second kappa shape index (κ2) is 6.58. The second-order valence-electron chi connectivity index (χ2n) is 2.58. The molecule has 0 aromatic heterocycles. The van der Waals surface area contributed by atoms with Crippen molar-refractivity contribution >= 4 is 0 Å². The third-order valence-electron chi connectivity index (χ3n) is 1.59. The van der Waals surface area contributed by atoms with Gasteiger partial charge in [-0.1, -0.05) is 6.92 Å². The van der Waals surface area contributed by atoms with Gasteiger partial charge in [-0.2, -0.15) is 0 Å². The summed E-state index contributed by atoms with van der Waals surface area (Å²) in [5.74, 6) is 0. The molecule has 11 heavy (non-hydrogen) atoms. The average molecular weight is 161 g/mol. The van der Waals surface area contributed by atoms with Crippen LogP contribution < -0.4 is 5.32 Å². The average Bonchev–Trinajstić information content (AvgIpc) is 2.03. The Bertz CT molecular complexity index is 84.2. The van der Waals surface area contributed by atoms with Crippen LogP contribution in [0.2, 0.25) is 0 Å². The molecular formula is C8H19NO2. The van der Waals surface area contributed by atoms with E-state index in [0.29, 0.717) is 0 Å². The molecule has 0 spiro atoms. The molecule has 1 atom stereocenters. The van der Waals surface area contributed by atoms with E-state index in [1.165, 1.54) is 0 Å². The van der Waals surface area contributed by atoms with Crippen molar-refractivity contribution in [3.63, 3.8) is 0 Å². The Labute approximate surface area is 69.1 Å². The van der Waals surface area contributed by atoms with Gasteiger partial charge in [-0.15, -0.1) is 0 Å². The van der Waals surface area contributed by atoms with Crippen molar-refractivity contribution in [2.75, 3.05) is 20.8 Å². The van der Waals surface area contributed by atoms with E-state index >= 15 is 0 Å². The third-order valence-corrected chi connectivity index (χ3v) is 1.59. The highest BCUT2D eigenvalue weighted by molar-refractivity contribution is 4.63. The van der Waals surface area contributed by atoms with Gasteiger partial charge < -0.3 is 14.8 Å². The lowest BCUT2D eigenvalue weighted by atomic mass is 10.3. The zero-order chi connectivity index (χ0) is 8.69. The third kappa shape index (κ3) is 4.35. The molecule has 0 heterocycles. The number of methoxy groups -OCH3 is 2. The molecule has 0 radical (unpaired) electrons. The van der Waals surface area contributed by atoms with Crippen molar-refractivity contribution in [1.29, 1.82) is 0 Å². The van der Waals surface area contributed by atoms with Gasteiger partial charge in [0.1, 0.15) is 0 Å². The summed E-state index contributed by atoms with van der Waals surface area (Å²) in [5.41, 5.74) is 0. The molecule has 1 N–H and O–H groups in total. The molecule has 0 bridgehead atoms. The Kier molecular flexibility index (Phi) is 6.51. The van der Waals surface area contributed by atoms with Gasteiger partial charge in [0.25, 0.3) is 0 Å². The second-order valence-corrected chi connectivity index (χ2v) is 2.58. The van der Waals surface area contributed by atoms with Gasteiger partial charge >= 0.3 is 0 Å². The summed E-state index contributed by atoms with van der Waals surface area (Å²) in [6.07, 6.45) is 0.992. The lowest BCUT2D eigenvalue weighted by Crippen LogP contribution is -2.39. The maximum absolute atomic E-state index is 5.07. The monoisotopic (exact) mass is 161 g/mol. The van der Waals surface area contributed by atoms with Gasteiger partial charge in [0, 0.05) is 14.2 Å². The number of ether oxygens (including phenoxy) is 2. The van der Waals surface area contributed by atoms with Crippen molar-refractivity contribution in [1.82, 2.24) is 5.32 Å². The number of hydrogen-bond donors (Lipinski definition) is 1. The van der Waals surface area contributed by atoms with Crippen molar-refractivity contribution in [2.45, 2.75) is 32.6 Å². The minimum Gasteiger partial charge on any atom is -0.354 e. The fourth-order valence-electron chi connectivity index (χ4n) is 0.973. The molecule has 0 aromatic carbocycles. The van der Waals surface area contributed by atoms with Crippen molar-refractivity contribution in [3.8, 4) is 0 Å². The van der Waals surface area contributed by atoms with Gasteiger partial charge in [0.05, 0.1) is 6.04 Å². The normalized spacial score (nSPS) is 13.9. The lowest BCUT2D eigenvalue weighted by molar-refractivity contribution is -0.119. The van der Waals surface area contributed by atoms with E-state index in [9.17, 15) is 0 Å². The standard InChI is InChI=1S/C8H19NO2/c1-5-6-9-7(2)8(10-3)11-4/h7-9H,5-6H2,1-4H3. The summed E-state index contributed by atoms with van der Waals surface area (Å²) in [5, 5.41) is 3.28. The summed E-state index contributed by atoms with van der Waals surface area (Å²) in [7, 11) is 3.30. The quantitative estimate of drug-likeness (QED) is 0.589. The van der Waals surface area contributed by atoms with E-state index in [4.69, 9.17) is 9.47 Å². The molecule has 68 valence electrons. The Morgan fingerprint density at radius 2 is 1.82 bits per heavy atom. The molecule has 0 fully saturated rings. The van der Waals surface area contributed by atoms with Crippen molar-refractivity contribution in [2.24, 2.45) is 0 Å². The van der Waals surface area contributed by atoms with Crippen LogP contribution in [0.1, 0.15) is 20.3 Å². The molecular weight excluding hydrogens is 142 g/mol. The van der Waals surface area contributed by atoms with Crippen LogP contribution in [0.5, 0.6) is 0 Å². The van der Waals surface area contributed by atoms with Gasteiger partial charge in [0.2, 0.25) is 0 Å². The van der Waals surface area contributed by atoms with E-state index in [2.05, 4.69) is 12.2 Å². The highest BCUT2D eigenvalue weighted by Gasteiger charge is 2.13. The minimum atomic E-state index is -0.137. The van der Waals surface area contributed by atoms with E-state index < -0.39 is 0 Å². The Hall–Kier alpha value is -0.120. The highest BCUT2D eigenvalue weighted by Crippen LogP contribution is 1.97. The first-order valence-corrected chi connectivity index (χ1v) is 4.05. The van der Waals surface area contributed by atoms with Crippen LogP contribution in [0.4, 0.5) is 0 Å². The van der Waals surface area contributed by atoms with E-state index in [0.717, 1.165) is 13.0 Å². The maximum atomic E-state index is 5.07. The maximum Gasteiger partial charge on any atom is 0.171 e. The first-order chi connectivity index (χ1) is 5.26. The first-order valence-electron chi connectivity index (χ1n) is 4.05. The molecule has 0 aliphatic heterocycles. The number of nitrogens with one attached hydrogen (secondary N) is 1. The zero-order valence-electron chi connectivity index (χ0n) is 7.89. The predicted molar refractivity (Wildman–Crippen MR) is 45.6 cm³/mol. The van der Waals surface area contributed by atoms with Crippen LogP contribution in [-0.4, -0.2) is 33.1 Å². The SMILES string of the molecule is CCCNC(C)C(OC)OC. The van der Waals surface area contributed by atoms with Crippen LogP contribution in [-0.2, 0) is 9.47 Å². The summed E-state index contributed by atoms with van der Waals surface area (Å²) in [6, 6.07) is 0.255. The molecule has 3 nitrogen and oxygen atoms in total. The van der Waals surface area contributed by atoms with Crippen LogP contribution >= 0.6 is 0 Å². The van der Waals surface area contributed by atoms with Gasteiger partial charge in [0.15, 0.2) is 6.29 Å². The van der Waals surface area contributed by atoms with Gasteiger partial charge in [-0.3, -0.25) is 0 Å². The van der Waals surface area contributed by atoms with Crippen LogP contribution in [0.3, 0.4) is 0 Å². The van der Waals surface area contributed by atoms with Crippen LogP contribution in [0.15, 0.2) is 0 Å². The van der Waals surface area contributed by atoms with E-state index in [-0.39, 0.29) is 12.3 Å². The molecule has 0 aliphatic rings. The van der Waals surface area contributed by atoms with Gasteiger partial charge in [-0.25, -0.2) is 0 Å². The lowest BCUT2D eigenvalue weighted by Gasteiger charge is -2.21.